The maximum Gasteiger partial charge on any atom is 0.410 e. The largest absolute Gasteiger partial charge is 0.445 e. The molecule has 3 rings (SSSR count). The maximum absolute atomic E-state index is 12.5. The smallest absolute Gasteiger partial charge is 0.410 e. The van der Waals surface area contributed by atoms with E-state index < -0.39 is 0 Å². The molecule has 1 aromatic carbocycles. The Hall–Kier alpha value is -2.08. The van der Waals surface area contributed by atoms with Crippen LogP contribution in [-0.2, 0) is 16.1 Å². The fourth-order valence-electron chi connectivity index (χ4n) is 3.12. The van der Waals surface area contributed by atoms with Crippen LogP contribution >= 0.6 is 0 Å². The van der Waals surface area contributed by atoms with Crippen molar-refractivity contribution in [2.24, 2.45) is 5.92 Å². The van der Waals surface area contributed by atoms with Gasteiger partial charge in [0.1, 0.15) is 6.61 Å². The minimum atomic E-state index is -0.335. The summed E-state index contributed by atoms with van der Waals surface area (Å²) >= 11 is 0. The Morgan fingerprint density at radius 3 is 2.54 bits per heavy atom. The van der Waals surface area contributed by atoms with Gasteiger partial charge >= 0.3 is 6.09 Å². The molecule has 0 aliphatic carbocycles. The third kappa shape index (κ3) is 4.06. The number of carbonyl (C=O) groups excluding carboxylic acids is 2. The van der Waals surface area contributed by atoms with Crippen LogP contribution in [-0.4, -0.2) is 73.0 Å². The summed E-state index contributed by atoms with van der Waals surface area (Å²) in [6, 6.07) is 9.61. The number of likely N-dealkylation sites (tertiary alicyclic amines) is 1. The molecule has 2 saturated heterocycles. The minimum Gasteiger partial charge on any atom is -0.445 e. The summed E-state index contributed by atoms with van der Waals surface area (Å²) in [7, 11) is 2.09. The van der Waals surface area contributed by atoms with E-state index >= 15 is 0 Å². The van der Waals surface area contributed by atoms with Gasteiger partial charge in [-0.25, -0.2) is 4.79 Å². The van der Waals surface area contributed by atoms with E-state index in [9.17, 15) is 9.59 Å². The van der Waals surface area contributed by atoms with Crippen LogP contribution in [0.25, 0.3) is 0 Å². The zero-order chi connectivity index (χ0) is 16.9. The number of rotatable bonds is 3. The molecule has 1 aromatic rings. The molecule has 0 spiro atoms. The lowest BCUT2D eigenvalue weighted by Gasteiger charge is -2.39. The van der Waals surface area contributed by atoms with Gasteiger partial charge in [0.05, 0.1) is 5.92 Å². The van der Waals surface area contributed by atoms with Crippen molar-refractivity contribution in [3.8, 4) is 0 Å². The summed E-state index contributed by atoms with van der Waals surface area (Å²) in [6.45, 7) is 4.76. The van der Waals surface area contributed by atoms with Crippen molar-refractivity contribution >= 4 is 12.0 Å². The fraction of sp³-hybridized carbons (Fsp3) is 0.556. The monoisotopic (exact) mass is 331 g/mol. The van der Waals surface area contributed by atoms with Crippen LogP contribution in [0.15, 0.2) is 30.3 Å². The van der Waals surface area contributed by atoms with Crippen LogP contribution in [0.3, 0.4) is 0 Å². The molecule has 2 aliphatic heterocycles. The molecule has 2 amide bonds. The summed E-state index contributed by atoms with van der Waals surface area (Å²) in [5, 5.41) is 0. The van der Waals surface area contributed by atoms with E-state index in [1.165, 1.54) is 0 Å². The van der Waals surface area contributed by atoms with Gasteiger partial charge in [-0.3, -0.25) is 4.79 Å². The molecule has 130 valence electrons. The number of amides is 2. The Balaban J connectivity index is 1.41. The van der Waals surface area contributed by atoms with E-state index in [-0.39, 0.29) is 24.5 Å². The van der Waals surface area contributed by atoms with Crippen LogP contribution < -0.4 is 0 Å². The van der Waals surface area contributed by atoms with E-state index in [1.54, 1.807) is 4.90 Å². The molecule has 24 heavy (non-hydrogen) atoms. The fourth-order valence-corrected chi connectivity index (χ4v) is 3.12. The Bertz CT molecular complexity index is 572. The zero-order valence-corrected chi connectivity index (χ0v) is 14.2. The number of hydrogen-bond acceptors (Lipinski definition) is 4. The predicted molar refractivity (Wildman–Crippen MR) is 90.4 cm³/mol. The van der Waals surface area contributed by atoms with Gasteiger partial charge in [-0.05, 0) is 25.6 Å². The first-order valence-electron chi connectivity index (χ1n) is 8.56. The Morgan fingerprint density at radius 1 is 1.04 bits per heavy atom. The van der Waals surface area contributed by atoms with Crippen LogP contribution in [0.2, 0.25) is 0 Å². The van der Waals surface area contributed by atoms with Crippen LogP contribution in [0.5, 0.6) is 0 Å². The number of nitrogens with zero attached hydrogens (tertiary/aromatic N) is 3. The molecule has 6 nitrogen and oxygen atoms in total. The molecular weight excluding hydrogens is 306 g/mol. The van der Waals surface area contributed by atoms with E-state index in [0.29, 0.717) is 13.1 Å². The SMILES string of the molecule is CN1CCCN(C(=O)C2CN(C(=O)OCc3ccccc3)C2)CC1. The van der Waals surface area contributed by atoms with Gasteiger partial charge < -0.3 is 19.4 Å². The first-order valence-corrected chi connectivity index (χ1v) is 8.56. The number of benzene rings is 1. The molecular formula is C18H25N3O3. The van der Waals surface area contributed by atoms with E-state index in [4.69, 9.17) is 4.74 Å². The van der Waals surface area contributed by atoms with Crippen LogP contribution in [0.4, 0.5) is 4.79 Å². The molecule has 0 atom stereocenters. The predicted octanol–water partition coefficient (Wildman–Crippen LogP) is 1.42. The van der Waals surface area contributed by atoms with Gasteiger partial charge in [-0.2, -0.15) is 0 Å². The quantitative estimate of drug-likeness (QED) is 0.841. The molecule has 0 bridgehead atoms. The van der Waals surface area contributed by atoms with Gasteiger partial charge in [0.2, 0.25) is 5.91 Å². The summed E-state index contributed by atoms with van der Waals surface area (Å²) < 4.78 is 5.30. The average Bonchev–Trinajstić information content (AvgIpc) is 2.77. The molecule has 2 heterocycles. The highest BCUT2D eigenvalue weighted by Gasteiger charge is 2.38. The zero-order valence-electron chi connectivity index (χ0n) is 14.2. The highest BCUT2D eigenvalue weighted by molar-refractivity contribution is 5.82. The Morgan fingerprint density at radius 2 is 1.79 bits per heavy atom. The van der Waals surface area contributed by atoms with E-state index in [1.807, 2.05) is 35.2 Å². The lowest BCUT2D eigenvalue weighted by molar-refractivity contribution is -0.140. The molecule has 0 saturated carbocycles. The number of likely N-dealkylation sites (N-methyl/N-ethyl adjacent to an activating group) is 1. The Kier molecular flexibility index (Phi) is 5.35. The van der Waals surface area contributed by atoms with Gasteiger partial charge in [0.15, 0.2) is 0 Å². The second kappa shape index (κ2) is 7.66. The minimum absolute atomic E-state index is 0.0716. The maximum atomic E-state index is 12.5. The van der Waals surface area contributed by atoms with Crippen LogP contribution in [0.1, 0.15) is 12.0 Å². The molecule has 0 aromatic heterocycles. The second-order valence-corrected chi connectivity index (χ2v) is 6.62. The van der Waals surface area contributed by atoms with E-state index in [0.717, 1.165) is 38.2 Å². The first kappa shape index (κ1) is 16.8. The van der Waals surface area contributed by atoms with Crippen molar-refractivity contribution < 1.29 is 14.3 Å². The van der Waals surface area contributed by atoms with Crippen molar-refractivity contribution in [1.29, 1.82) is 0 Å². The third-order valence-electron chi connectivity index (χ3n) is 4.73. The molecule has 0 unspecified atom stereocenters. The van der Waals surface area contributed by atoms with Crippen molar-refractivity contribution in [2.45, 2.75) is 13.0 Å². The Labute approximate surface area is 143 Å². The van der Waals surface area contributed by atoms with Gasteiger partial charge in [-0.15, -0.1) is 0 Å². The van der Waals surface area contributed by atoms with Gasteiger partial charge in [-0.1, -0.05) is 30.3 Å². The van der Waals surface area contributed by atoms with Crippen molar-refractivity contribution in [1.82, 2.24) is 14.7 Å². The van der Waals surface area contributed by atoms with E-state index in [2.05, 4.69) is 11.9 Å². The standard InChI is InChI=1S/C18H25N3O3/c1-19-8-5-9-20(11-10-19)17(22)16-12-21(13-16)18(23)24-14-15-6-3-2-4-7-15/h2-4,6-7,16H,5,8-14H2,1H3. The van der Waals surface area contributed by atoms with Gasteiger partial charge in [0.25, 0.3) is 0 Å². The average molecular weight is 331 g/mol. The third-order valence-corrected chi connectivity index (χ3v) is 4.73. The lowest BCUT2D eigenvalue weighted by atomic mass is 9.99. The molecule has 6 heteroatoms. The second-order valence-electron chi connectivity index (χ2n) is 6.62. The summed E-state index contributed by atoms with van der Waals surface area (Å²) in [5.41, 5.74) is 0.965. The van der Waals surface area contributed by atoms with Crippen molar-refractivity contribution in [2.75, 3.05) is 46.3 Å². The van der Waals surface area contributed by atoms with Crippen molar-refractivity contribution in [3.63, 3.8) is 0 Å². The number of ether oxygens (including phenoxy) is 1. The molecule has 0 radical (unpaired) electrons. The highest BCUT2D eigenvalue weighted by atomic mass is 16.6. The summed E-state index contributed by atoms with van der Waals surface area (Å²) in [6.07, 6.45) is 0.677. The molecule has 2 fully saturated rings. The molecule has 0 N–H and O–H groups in total. The number of hydrogen-bond donors (Lipinski definition) is 0. The topological polar surface area (TPSA) is 53.1 Å². The highest BCUT2D eigenvalue weighted by Crippen LogP contribution is 2.20. The van der Waals surface area contributed by atoms with Crippen molar-refractivity contribution in [3.05, 3.63) is 35.9 Å². The summed E-state index contributed by atoms with van der Waals surface area (Å²) in [5.74, 6) is 0.107. The lowest BCUT2D eigenvalue weighted by Crippen LogP contribution is -2.56. The van der Waals surface area contributed by atoms with Crippen LogP contribution in [0, 0.1) is 5.92 Å². The molecule has 2 aliphatic rings. The van der Waals surface area contributed by atoms with Gasteiger partial charge in [0, 0.05) is 32.7 Å². The number of carbonyl (C=O) groups is 2. The first-order chi connectivity index (χ1) is 11.6. The summed E-state index contributed by atoms with van der Waals surface area (Å²) in [4.78, 5) is 30.3. The normalized spacial score (nSPS) is 19.5.